The molecule has 116 valence electrons. The lowest BCUT2D eigenvalue weighted by atomic mass is 9.85. The fourth-order valence-electron chi connectivity index (χ4n) is 2.84. The van der Waals surface area contributed by atoms with Gasteiger partial charge in [0.25, 0.3) is 0 Å². The van der Waals surface area contributed by atoms with Gasteiger partial charge in [-0.3, -0.25) is 4.98 Å². The number of nitrogens with zero attached hydrogens (tertiary/aromatic N) is 2. The first kappa shape index (κ1) is 15.3. The highest BCUT2D eigenvalue weighted by molar-refractivity contribution is 5.69. The maximum Gasteiger partial charge on any atom is 0.200 e. The van der Waals surface area contributed by atoms with Crippen LogP contribution in [-0.4, -0.2) is 17.9 Å². The molecule has 0 fully saturated rings. The standard InChI is InChI=1S/C19H18N2O2/c1-2-22-18-12-16(14-8-10-21-11-9-14)17(13-20)19(23-18)15-6-4-3-5-7-15/h3-11,16,18H,2,12H2,1H3/t16-,18-/m1/s1. The molecule has 1 aromatic heterocycles. The fraction of sp³-hybridized carbons (Fsp3) is 0.263. The Morgan fingerprint density at radius 2 is 1.96 bits per heavy atom. The topological polar surface area (TPSA) is 55.1 Å². The van der Waals surface area contributed by atoms with Crippen molar-refractivity contribution >= 4 is 5.76 Å². The van der Waals surface area contributed by atoms with E-state index in [1.807, 2.05) is 49.4 Å². The Hall–Kier alpha value is -2.64. The highest BCUT2D eigenvalue weighted by Crippen LogP contribution is 2.40. The molecule has 3 rings (SSSR count). The number of hydrogen-bond acceptors (Lipinski definition) is 4. The molecule has 4 heteroatoms. The predicted octanol–water partition coefficient (Wildman–Crippen LogP) is 3.88. The zero-order valence-corrected chi connectivity index (χ0v) is 13.0. The van der Waals surface area contributed by atoms with Gasteiger partial charge in [-0.1, -0.05) is 30.3 Å². The van der Waals surface area contributed by atoms with Crippen LogP contribution in [0.5, 0.6) is 0 Å². The first-order valence-electron chi connectivity index (χ1n) is 7.71. The molecule has 0 radical (unpaired) electrons. The fourth-order valence-corrected chi connectivity index (χ4v) is 2.84. The smallest absolute Gasteiger partial charge is 0.200 e. The van der Waals surface area contributed by atoms with Crippen LogP contribution in [0.15, 0.2) is 60.4 Å². The van der Waals surface area contributed by atoms with Crippen molar-refractivity contribution in [2.75, 3.05) is 6.61 Å². The van der Waals surface area contributed by atoms with Crippen LogP contribution in [0, 0.1) is 11.3 Å². The molecule has 0 amide bonds. The lowest BCUT2D eigenvalue weighted by molar-refractivity contribution is -0.104. The first-order valence-corrected chi connectivity index (χ1v) is 7.71. The first-order chi connectivity index (χ1) is 11.3. The molecule has 2 aromatic rings. The Kier molecular flexibility index (Phi) is 4.70. The molecule has 2 atom stereocenters. The molecule has 1 aromatic carbocycles. The van der Waals surface area contributed by atoms with E-state index in [-0.39, 0.29) is 12.2 Å². The van der Waals surface area contributed by atoms with Gasteiger partial charge in [0.2, 0.25) is 6.29 Å². The van der Waals surface area contributed by atoms with E-state index in [0.29, 0.717) is 24.4 Å². The van der Waals surface area contributed by atoms with Gasteiger partial charge in [0.15, 0.2) is 0 Å². The third-order valence-electron chi connectivity index (χ3n) is 3.89. The van der Waals surface area contributed by atoms with Crippen LogP contribution >= 0.6 is 0 Å². The average molecular weight is 306 g/mol. The van der Waals surface area contributed by atoms with Gasteiger partial charge >= 0.3 is 0 Å². The maximum atomic E-state index is 9.73. The van der Waals surface area contributed by atoms with Gasteiger partial charge in [0, 0.05) is 36.9 Å². The minimum absolute atomic E-state index is 0.0523. The molecule has 0 saturated carbocycles. The number of benzene rings is 1. The van der Waals surface area contributed by atoms with Crippen LogP contribution in [0.3, 0.4) is 0 Å². The summed E-state index contributed by atoms with van der Waals surface area (Å²) in [6.07, 6.45) is 3.76. The summed E-state index contributed by atoms with van der Waals surface area (Å²) < 4.78 is 11.7. The molecular formula is C19H18N2O2. The molecule has 0 spiro atoms. The predicted molar refractivity (Wildman–Crippen MR) is 87.1 cm³/mol. The molecular weight excluding hydrogens is 288 g/mol. The van der Waals surface area contributed by atoms with Crippen LogP contribution in [0.1, 0.15) is 30.4 Å². The molecule has 0 unspecified atom stereocenters. The average Bonchev–Trinajstić information content (AvgIpc) is 2.63. The Morgan fingerprint density at radius 3 is 2.61 bits per heavy atom. The number of ether oxygens (including phenoxy) is 2. The Balaban J connectivity index is 2.08. The minimum atomic E-state index is -0.356. The van der Waals surface area contributed by atoms with Gasteiger partial charge < -0.3 is 9.47 Å². The lowest BCUT2D eigenvalue weighted by Crippen LogP contribution is -2.26. The Labute approximate surface area is 136 Å². The van der Waals surface area contributed by atoms with E-state index in [2.05, 4.69) is 11.1 Å². The second-order valence-corrected chi connectivity index (χ2v) is 5.29. The van der Waals surface area contributed by atoms with E-state index >= 15 is 0 Å². The maximum absolute atomic E-state index is 9.73. The van der Waals surface area contributed by atoms with Crippen molar-refractivity contribution < 1.29 is 9.47 Å². The van der Waals surface area contributed by atoms with Crippen LogP contribution in [0.25, 0.3) is 5.76 Å². The molecule has 0 N–H and O–H groups in total. The van der Waals surface area contributed by atoms with Crippen molar-refractivity contribution in [3.8, 4) is 6.07 Å². The zero-order valence-electron chi connectivity index (χ0n) is 13.0. The molecule has 4 nitrogen and oxygen atoms in total. The van der Waals surface area contributed by atoms with Gasteiger partial charge in [-0.2, -0.15) is 5.26 Å². The third-order valence-corrected chi connectivity index (χ3v) is 3.89. The normalized spacial score (nSPS) is 20.7. The van der Waals surface area contributed by atoms with Crippen molar-refractivity contribution in [3.63, 3.8) is 0 Å². The summed E-state index contributed by atoms with van der Waals surface area (Å²) in [6, 6.07) is 15.9. The number of rotatable bonds is 4. The Morgan fingerprint density at radius 1 is 1.22 bits per heavy atom. The van der Waals surface area contributed by atoms with Gasteiger partial charge in [0.05, 0.1) is 11.6 Å². The van der Waals surface area contributed by atoms with Crippen LogP contribution in [-0.2, 0) is 9.47 Å². The minimum Gasteiger partial charge on any atom is -0.463 e. The monoisotopic (exact) mass is 306 g/mol. The summed E-state index contributed by atoms with van der Waals surface area (Å²) in [5.41, 5.74) is 2.59. The van der Waals surface area contributed by atoms with Crippen LogP contribution in [0.4, 0.5) is 0 Å². The number of aromatic nitrogens is 1. The third kappa shape index (κ3) is 3.25. The summed E-state index contributed by atoms with van der Waals surface area (Å²) in [4.78, 5) is 4.06. The van der Waals surface area contributed by atoms with Gasteiger partial charge in [0.1, 0.15) is 5.76 Å². The number of pyridine rings is 1. The molecule has 23 heavy (non-hydrogen) atoms. The summed E-state index contributed by atoms with van der Waals surface area (Å²) >= 11 is 0. The van der Waals surface area contributed by atoms with E-state index in [0.717, 1.165) is 11.1 Å². The van der Waals surface area contributed by atoms with Gasteiger partial charge in [-0.15, -0.1) is 0 Å². The van der Waals surface area contributed by atoms with Crippen LogP contribution < -0.4 is 0 Å². The highest BCUT2D eigenvalue weighted by Gasteiger charge is 2.32. The number of hydrogen-bond donors (Lipinski definition) is 0. The molecule has 2 heterocycles. The number of nitriles is 1. The SMILES string of the molecule is CCO[C@H]1C[C@H](c2ccncc2)C(C#N)=C(c2ccccc2)O1. The van der Waals surface area contributed by atoms with E-state index in [9.17, 15) is 5.26 Å². The van der Waals surface area contributed by atoms with E-state index < -0.39 is 0 Å². The molecule has 0 aliphatic carbocycles. The largest absolute Gasteiger partial charge is 0.463 e. The van der Waals surface area contributed by atoms with Crippen molar-refractivity contribution in [3.05, 3.63) is 71.6 Å². The summed E-state index contributed by atoms with van der Waals surface area (Å²) in [7, 11) is 0. The van der Waals surface area contributed by atoms with E-state index in [1.54, 1.807) is 12.4 Å². The van der Waals surface area contributed by atoms with E-state index in [1.165, 1.54) is 0 Å². The Bertz CT molecular complexity index is 720. The second-order valence-electron chi connectivity index (χ2n) is 5.29. The summed E-state index contributed by atoms with van der Waals surface area (Å²) in [5, 5.41) is 9.73. The van der Waals surface area contributed by atoms with Crippen molar-refractivity contribution in [2.24, 2.45) is 0 Å². The van der Waals surface area contributed by atoms with Crippen molar-refractivity contribution in [1.82, 2.24) is 4.98 Å². The molecule has 0 saturated heterocycles. The van der Waals surface area contributed by atoms with Crippen molar-refractivity contribution in [2.45, 2.75) is 25.6 Å². The zero-order chi connectivity index (χ0) is 16.1. The van der Waals surface area contributed by atoms with E-state index in [4.69, 9.17) is 9.47 Å². The lowest BCUT2D eigenvalue weighted by Gasteiger charge is -2.32. The summed E-state index contributed by atoms with van der Waals surface area (Å²) in [5.74, 6) is 0.558. The number of allylic oxidation sites excluding steroid dienone is 1. The highest BCUT2D eigenvalue weighted by atomic mass is 16.7. The molecule has 0 bridgehead atoms. The molecule has 1 aliphatic heterocycles. The second kappa shape index (κ2) is 7.08. The summed E-state index contributed by atoms with van der Waals surface area (Å²) in [6.45, 7) is 2.51. The van der Waals surface area contributed by atoms with Crippen LogP contribution in [0.2, 0.25) is 0 Å². The quantitative estimate of drug-likeness (QED) is 0.860. The van der Waals surface area contributed by atoms with Gasteiger partial charge in [-0.25, -0.2) is 0 Å². The van der Waals surface area contributed by atoms with Crippen molar-refractivity contribution in [1.29, 1.82) is 5.26 Å². The molecule has 1 aliphatic rings. The van der Waals surface area contributed by atoms with Gasteiger partial charge in [-0.05, 0) is 24.6 Å².